The molecule has 0 unspecified atom stereocenters. The van der Waals surface area contributed by atoms with Crippen molar-refractivity contribution in [3.05, 3.63) is 34.4 Å². The molecule has 27 heavy (non-hydrogen) atoms. The normalized spacial score (nSPS) is 11.4. The number of benzene rings is 1. The number of hydrogen-bond acceptors (Lipinski definition) is 7. The van der Waals surface area contributed by atoms with Crippen LogP contribution in [0.1, 0.15) is 20.8 Å². The number of amides is 2. The first-order chi connectivity index (χ1) is 12.8. The molecule has 0 heterocycles. The Balaban J connectivity index is 2.44. The Hall–Kier alpha value is -2.62. The molecule has 0 fully saturated rings. The molecule has 148 valence electrons. The molecule has 0 saturated heterocycles. The number of rotatable bonds is 10. The second-order valence-electron chi connectivity index (χ2n) is 5.49. The van der Waals surface area contributed by atoms with E-state index >= 15 is 0 Å². The van der Waals surface area contributed by atoms with Crippen LogP contribution in [-0.4, -0.2) is 58.3 Å². The molecule has 0 aliphatic heterocycles. The molecule has 1 aromatic rings. The number of ether oxygens (including phenoxy) is 1. The minimum atomic E-state index is -1.07. The van der Waals surface area contributed by atoms with Gasteiger partial charge in [0.1, 0.15) is 0 Å². The van der Waals surface area contributed by atoms with Gasteiger partial charge in [0.15, 0.2) is 6.10 Å². The van der Waals surface area contributed by atoms with Gasteiger partial charge < -0.3 is 15.0 Å². The van der Waals surface area contributed by atoms with Crippen LogP contribution >= 0.6 is 11.8 Å². The molecule has 9 nitrogen and oxygen atoms in total. The maximum Gasteiger partial charge on any atom is 0.316 e. The third-order valence-corrected chi connectivity index (χ3v) is 4.45. The largest absolute Gasteiger partial charge is 0.452 e. The van der Waals surface area contributed by atoms with Crippen LogP contribution in [0.4, 0.5) is 11.4 Å². The molecule has 1 N–H and O–H groups in total. The van der Waals surface area contributed by atoms with E-state index in [9.17, 15) is 24.5 Å². The van der Waals surface area contributed by atoms with Gasteiger partial charge in [-0.3, -0.25) is 24.5 Å². The van der Waals surface area contributed by atoms with Crippen LogP contribution < -0.4 is 5.32 Å². The Kier molecular flexibility index (Phi) is 9.27. The number of nitro benzene ring substituents is 1. The smallest absolute Gasteiger partial charge is 0.316 e. The monoisotopic (exact) mass is 397 g/mol. The highest BCUT2D eigenvalue weighted by Crippen LogP contribution is 2.17. The van der Waals surface area contributed by atoms with E-state index in [2.05, 4.69) is 5.32 Å². The summed E-state index contributed by atoms with van der Waals surface area (Å²) in [6.45, 7) is 6.37. The summed E-state index contributed by atoms with van der Waals surface area (Å²) >= 11 is 1.12. The van der Waals surface area contributed by atoms with Gasteiger partial charge in [0.05, 0.1) is 16.4 Å². The zero-order valence-electron chi connectivity index (χ0n) is 15.5. The lowest BCUT2D eigenvalue weighted by atomic mass is 10.2. The third-order valence-electron chi connectivity index (χ3n) is 3.56. The molecule has 10 heteroatoms. The second kappa shape index (κ2) is 11.2. The molecular formula is C17H23N3O6S. The molecule has 0 saturated carbocycles. The first-order valence-electron chi connectivity index (χ1n) is 8.38. The SMILES string of the molecule is CCN(CC)C(=O)CSCC(=O)O[C@@H](C)C(=O)Nc1cccc([N+](=O)[O-])c1. The van der Waals surface area contributed by atoms with E-state index in [1.807, 2.05) is 13.8 Å². The van der Waals surface area contributed by atoms with Gasteiger partial charge in [0.25, 0.3) is 11.6 Å². The molecule has 0 aliphatic carbocycles. The summed E-state index contributed by atoms with van der Waals surface area (Å²) < 4.78 is 5.03. The summed E-state index contributed by atoms with van der Waals surface area (Å²) in [4.78, 5) is 47.5. The van der Waals surface area contributed by atoms with Crippen molar-refractivity contribution in [1.82, 2.24) is 4.90 Å². The first kappa shape index (κ1) is 22.4. The molecule has 1 rings (SSSR count). The number of nitro groups is 1. The van der Waals surface area contributed by atoms with Crippen molar-refractivity contribution in [1.29, 1.82) is 0 Å². The van der Waals surface area contributed by atoms with Crippen molar-refractivity contribution in [2.75, 3.05) is 29.9 Å². The molecule has 2 amide bonds. The summed E-state index contributed by atoms with van der Waals surface area (Å²) in [5.41, 5.74) is 0.0722. The predicted octanol–water partition coefficient (Wildman–Crippen LogP) is 2.07. The fourth-order valence-corrected chi connectivity index (χ4v) is 2.81. The van der Waals surface area contributed by atoms with Crippen LogP contribution in [0.3, 0.4) is 0 Å². The summed E-state index contributed by atoms with van der Waals surface area (Å²) in [6.07, 6.45) is -1.07. The number of nitrogens with zero attached hydrogens (tertiary/aromatic N) is 2. The standard InChI is InChI=1S/C17H23N3O6S/c1-4-19(5-2)15(21)10-27-11-16(22)26-12(3)17(23)18-13-7-6-8-14(9-13)20(24)25/h6-9,12H,4-5,10-11H2,1-3H3,(H,18,23)/t12-/m0/s1. The van der Waals surface area contributed by atoms with Crippen LogP contribution in [0.25, 0.3) is 0 Å². The first-order valence-corrected chi connectivity index (χ1v) is 9.54. The third kappa shape index (κ3) is 7.65. The van der Waals surface area contributed by atoms with Crippen LogP contribution in [0.5, 0.6) is 0 Å². The van der Waals surface area contributed by atoms with Crippen molar-refractivity contribution in [2.24, 2.45) is 0 Å². The van der Waals surface area contributed by atoms with Crippen molar-refractivity contribution >= 4 is 40.9 Å². The van der Waals surface area contributed by atoms with Gasteiger partial charge in [-0.25, -0.2) is 0 Å². The van der Waals surface area contributed by atoms with Crippen LogP contribution in [0, 0.1) is 10.1 Å². The number of non-ortho nitro benzene ring substituents is 1. The van der Waals surface area contributed by atoms with E-state index in [0.717, 1.165) is 11.8 Å². The summed E-state index contributed by atoms with van der Waals surface area (Å²) in [7, 11) is 0. The molecule has 1 atom stereocenters. The van der Waals surface area contributed by atoms with E-state index in [4.69, 9.17) is 4.74 Å². The van der Waals surface area contributed by atoms with Gasteiger partial charge in [0, 0.05) is 30.9 Å². The van der Waals surface area contributed by atoms with E-state index in [-0.39, 0.29) is 28.8 Å². The summed E-state index contributed by atoms with van der Waals surface area (Å²) in [5.74, 6) is -1.18. The lowest BCUT2D eigenvalue weighted by Gasteiger charge is -2.18. The number of anilines is 1. The minimum Gasteiger partial charge on any atom is -0.452 e. The lowest BCUT2D eigenvalue weighted by Crippen LogP contribution is -2.33. The Morgan fingerprint density at radius 2 is 1.93 bits per heavy atom. The molecule has 0 spiro atoms. The molecular weight excluding hydrogens is 374 g/mol. The Morgan fingerprint density at radius 1 is 1.26 bits per heavy atom. The van der Waals surface area contributed by atoms with Crippen molar-refractivity contribution < 1.29 is 24.0 Å². The van der Waals surface area contributed by atoms with Crippen molar-refractivity contribution in [2.45, 2.75) is 26.9 Å². The van der Waals surface area contributed by atoms with Crippen molar-refractivity contribution in [3.8, 4) is 0 Å². The van der Waals surface area contributed by atoms with E-state index in [0.29, 0.717) is 13.1 Å². The molecule has 0 bridgehead atoms. The van der Waals surface area contributed by atoms with Gasteiger partial charge in [-0.15, -0.1) is 11.8 Å². The van der Waals surface area contributed by atoms with Crippen LogP contribution in [-0.2, 0) is 19.1 Å². The fraction of sp³-hybridized carbons (Fsp3) is 0.471. The van der Waals surface area contributed by atoms with E-state index < -0.39 is 22.9 Å². The number of carbonyl (C=O) groups excluding carboxylic acids is 3. The molecule has 0 radical (unpaired) electrons. The van der Waals surface area contributed by atoms with Crippen LogP contribution in [0.2, 0.25) is 0 Å². The lowest BCUT2D eigenvalue weighted by molar-refractivity contribution is -0.384. The number of thioether (sulfide) groups is 1. The highest BCUT2D eigenvalue weighted by molar-refractivity contribution is 8.00. The van der Waals surface area contributed by atoms with Crippen LogP contribution in [0.15, 0.2) is 24.3 Å². The van der Waals surface area contributed by atoms with Gasteiger partial charge in [0.2, 0.25) is 5.91 Å². The Bertz CT molecular complexity index is 693. The van der Waals surface area contributed by atoms with E-state index in [1.165, 1.54) is 31.2 Å². The maximum absolute atomic E-state index is 12.1. The number of nitrogens with one attached hydrogen (secondary N) is 1. The summed E-state index contributed by atoms with van der Waals surface area (Å²) in [6, 6.07) is 5.44. The Morgan fingerprint density at radius 3 is 2.52 bits per heavy atom. The summed E-state index contributed by atoms with van der Waals surface area (Å²) in [5, 5.41) is 13.2. The molecule has 1 aromatic carbocycles. The fourth-order valence-electron chi connectivity index (χ4n) is 2.12. The minimum absolute atomic E-state index is 0.0541. The van der Waals surface area contributed by atoms with E-state index in [1.54, 1.807) is 4.90 Å². The number of esters is 1. The average Bonchev–Trinajstić information content (AvgIpc) is 2.62. The second-order valence-corrected chi connectivity index (χ2v) is 6.47. The zero-order valence-corrected chi connectivity index (χ0v) is 16.3. The highest BCUT2D eigenvalue weighted by Gasteiger charge is 2.19. The zero-order chi connectivity index (χ0) is 20.4. The quantitative estimate of drug-likeness (QED) is 0.365. The maximum atomic E-state index is 12.1. The molecule has 0 aliphatic rings. The highest BCUT2D eigenvalue weighted by atomic mass is 32.2. The van der Waals surface area contributed by atoms with Gasteiger partial charge in [-0.1, -0.05) is 6.07 Å². The number of hydrogen-bond donors (Lipinski definition) is 1. The average molecular weight is 397 g/mol. The van der Waals surface area contributed by atoms with Crippen molar-refractivity contribution in [3.63, 3.8) is 0 Å². The Labute approximate surface area is 161 Å². The van der Waals surface area contributed by atoms with Gasteiger partial charge in [-0.05, 0) is 26.8 Å². The van der Waals surface area contributed by atoms with Gasteiger partial charge in [-0.2, -0.15) is 0 Å². The topological polar surface area (TPSA) is 119 Å². The molecule has 0 aromatic heterocycles. The van der Waals surface area contributed by atoms with Gasteiger partial charge >= 0.3 is 5.97 Å². The predicted molar refractivity (Wildman–Crippen MR) is 103 cm³/mol. The number of carbonyl (C=O) groups is 3.